The summed E-state index contributed by atoms with van der Waals surface area (Å²) >= 11 is 18.3. The van der Waals surface area contributed by atoms with Gasteiger partial charge in [-0.05, 0) is 5.56 Å². The highest BCUT2D eigenvalue weighted by Crippen LogP contribution is 2.43. The van der Waals surface area contributed by atoms with Crippen LogP contribution in [0.2, 0.25) is 0 Å². The lowest BCUT2D eigenvalue weighted by Gasteiger charge is -2.25. The highest BCUT2D eigenvalue weighted by Gasteiger charge is 2.38. The zero-order valence-electron chi connectivity index (χ0n) is 10.4. The summed E-state index contributed by atoms with van der Waals surface area (Å²) in [6.07, 6.45) is 0. The minimum Gasteiger partial charge on any atom is -0.411 e. The van der Waals surface area contributed by atoms with Gasteiger partial charge in [0.25, 0.3) is 0 Å². The Balaban J connectivity index is 2.52. The first-order valence-corrected chi connectivity index (χ1v) is 7.06. The van der Waals surface area contributed by atoms with Crippen LogP contribution in [0.3, 0.4) is 0 Å². The van der Waals surface area contributed by atoms with Gasteiger partial charge in [-0.3, -0.25) is 0 Å². The largest absolute Gasteiger partial charge is 0.411 e. The minimum absolute atomic E-state index is 0.316. The Bertz CT molecular complexity index is 579. The van der Waals surface area contributed by atoms with Crippen LogP contribution in [-0.4, -0.2) is 14.7 Å². The molecule has 0 unspecified atom stereocenters. The maximum absolute atomic E-state index is 9.39. The number of hydrogen-bond donors (Lipinski definition) is 1. The molecule has 2 rings (SSSR count). The summed E-state index contributed by atoms with van der Waals surface area (Å²) in [7, 11) is 0. The number of hydrogen-bond acceptors (Lipinski definition) is 2. The molecule has 20 heavy (non-hydrogen) atoms. The molecule has 0 aromatic heterocycles. The third-order valence-corrected chi connectivity index (χ3v) is 3.57. The van der Waals surface area contributed by atoms with Crippen molar-refractivity contribution in [2.75, 3.05) is 0 Å². The Labute approximate surface area is 132 Å². The normalized spacial score (nSPS) is 14.1. The van der Waals surface area contributed by atoms with E-state index in [2.05, 4.69) is 5.16 Å². The minimum atomic E-state index is -1.63. The molecule has 0 bridgehead atoms. The first-order chi connectivity index (χ1) is 9.54. The van der Waals surface area contributed by atoms with Gasteiger partial charge in [0.1, 0.15) is 0 Å². The predicted octanol–water partition coefficient (Wildman–Crippen LogP) is 5.02. The van der Waals surface area contributed by atoms with Crippen LogP contribution >= 0.6 is 34.8 Å². The summed E-state index contributed by atoms with van der Waals surface area (Å²) in [5.41, 5.74) is 1.79. The van der Waals surface area contributed by atoms with Gasteiger partial charge in [0.05, 0.1) is 11.6 Å². The Morgan fingerprint density at radius 2 is 1.40 bits per heavy atom. The Hall–Kier alpha value is -1.22. The fraction of sp³-hybridized carbons (Fsp3) is 0.133. The van der Waals surface area contributed by atoms with Gasteiger partial charge in [-0.1, -0.05) is 101 Å². The van der Waals surface area contributed by atoms with Crippen LogP contribution in [0.25, 0.3) is 0 Å². The fourth-order valence-electron chi connectivity index (χ4n) is 2.04. The van der Waals surface area contributed by atoms with Crippen molar-refractivity contribution in [3.63, 3.8) is 0 Å². The van der Waals surface area contributed by atoms with E-state index in [9.17, 15) is 5.21 Å². The second-order valence-corrected chi connectivity index (χ2v) is 6.61. The van der Waals surface area contributed by atoms with Gasteiger partial charge >= 0.3 is 0 Å². The molecule has 2 nitrogen and oxygen atoms in total. The van der Waals surface area contributed by atoms with E-state index in [1.165, 1.54) is 0 Å². The smallest absolute Gasteiger partial charge is 0.203 e. The molecule has 2 aromatic rings. The van der Waals surface area contributed by atoms with E-state index in [-0.39, 0.29) is 0 Å². The van der Waals surface area contributed by atoms with Gasteiger partial charge in [0.15, 0.2) is 0 Å². The van der Waals surface area contributed by atoms with Gasteiger partial charge in [-0.15, -0.1) is 0 Å². The van der Waals surface area contributed by atoms with Gasteiger partial charge < -0.3 is 5.21 Å². The lowest BCUT2D eigenvalue weighted by molar-refractivity contribution is 0.317. The molecule has 2 aromatic carbocycles. The van der Waals surface area contributed by atoms with E-state index < -0.39 is 9.71 Å². The van der Waals surface area contributed by atoms with Crippen LogP contribution in [0.4, 0.5) is 0 Å². The van der Waals surface area contributed by atoms with Crippen LogP contribution in [0.1, 0.15) is 17.0 Å². The Kier molecular flexibility index (Phi) is 4.92. The van der Waals surface area contributed by atoms with Crippen LogP contribution < -0.4 is 0 Å². The second kappa shape index (κ2) is 6.49. The number of benzene rings is 2. The highest BCUT2D eigenvalue weighted by molar-refractivity contribution is 6.69. The van der Waals surface area contributed by atoms with Gasteiger partial charge in [0.2, 0.25) is 3.79 Å². The lowest BCUT2D eigenvalue weighted by atomic mass is 9.91. The van der Waals surface area contributed by atoms with Crippen LogP contribution in [0, 0.1) is 0 Å². The molecule has 1 atom stereocenters. The van der Waals surface area contributed by atoms with Crippen molar-refractivity contribution in [1.29, 1.82) is 0 Å². The van der Waals surface area contributed by atoms with Gasteiger partial charge in [-0.25, -0.2) is 0 Å². The average Bonchev–Trinajstić information content (AvgIpc) is 2.45. The molecule has 0 saturated carbocycles. The fourth-order valence-corrected chi connectivity index (χ4v) is 2.73. The van der Waals surface area contributed by atoms with E-state index in [1.54, 1.807) is 12.1 Å². The number of alkyl halides is 3. The summed E-state index contributed by atoms with van der Waals surface area (Å²) in [6, 6.07) is 18.4. The van der Waals surface area contributed by atoms with E-state index in [0.29, 0.717) is 11.3 Å². The molecular weight excluding hydrogens is 317 g/mol. The van der Waals surface area contributed by atoms with E-state index in [0.717, 1.165) is 5.56 Å². The van der Waals surface area contributed by atoms with Crippen LogP contribution in [0.5, 0.6) is 0 Å². The van der Waals surface area contributed by atoms with Crippen LogP contribution in [0.15, 0.2) is 65.8 Å². The molecule has 0 aliphatic rings. The average molecular weight is 329 g/mol. The third kappa shape index (κ3) is 3.45. The number of rotatable bonds is 3. The third-order valence-electron chi connectivity index (χ3n) is 2.91. The summed E-state index contributed by atoms with van der Waals surface area (Å²) < 4.78 is -1.63. The predicted molar refractivity (Wildman–Crippen MR) is 84.2 cm³/mol. The van der Waals surface area contributed by atoms with Crippen molar-refractivity contribution in [3.8, 4) is 0 Å². The highest BCUT2D eigenvalue weighted by atomic mass is 35.6. The van der Waals surface area contributed by atoms with Crippen molar-refractivity contribution < 1.29 is 5.21 Å². The molecule has 0 radical (unpaired) electrons. The molecule has 0 saturated heterocycles. The molecule has 104 valence electrons. The van der Waals surface area contributed by atoms with Gasteiger partial charge in [-0.2, -0.15) is 0 Å². The van der Waals surface area contributed by atoms with E-state index >= 15 is 0 Å². The van der Waals surface area contributed by atoms with E-state index in [4.69, 9.17) is 34.8 Å². The summed E-state index contributed by atoms with van der Waals surface area (Å²) in [5.74, 6) is -0.666. The van der Waals surface area contributed by atoms with Crippen molar-refractivity contribution in [1.82, 2.24) is 0 Å². The standard InChI is InChI=1S/C15H12Cl3NO/c16-15(17,18)13(11-7-3-1-4-8-11)14(19-20)12-9-5-2-6-10-12/h1-10,13,20H/b19-14+/t13-/m1/s1. The van der Waals surface area contributed by atoms with Crippen molar-refractivity contribution in [3.05, 3.63) is 71.8 Å². The van der Waals surface area contributed by atoms with Crippen LogP contribution in [-0.2, 0) is 0 Å². The number of nitrogens with zero attached hydrogens (tertiary/aromatic N) is 1. The topological polar surface area (TPSA) is 32.6 Å². The molecule has 0 amide bonds. The SMILES string of the molecule is O/N=C(\c1ccccc1)[C@@H](c1ccccc1)C(Cl)(Cl)Cl. The molecule has 0 spiro atoms. The first-order valence-electron chi connectivity index (χ1n) is 5.93. The summed E-state index contributed by atoms with van der Waals surface area (Å²) in [6.45, 7) is 0. The zero-order valence-corrected chi connectivity index (χ0v) is 12.6. The molecule has 5 heteroatoms. The Morgan fingerprint density at radius 3 is 1.85 bits per heavy atom. The molecular formula is C15H12Cl3NO. The molecule has 0 fully saturated rings. The molecule has 0 heterocycles. The molecule has 0 aliphatic carbocycles. The number of halogens is 3. The monoisotopic (exact) mass is 327 g/mol. The summed E-state index contributed by atoms with van der Waals surface area (Å²) in [5, 5.41) is 12.8. The molecule has 0 aliphatic heterocycles. The molecule has 1 N–H and O–H groups in total. The van der Waals surface area contributed by atoms with Crippen molar-refractivity contribution >= 4 is 40.5 Å². The quantitative estimate of drug-likeness (QED) is 0.365. The first kappa shape index (κ1) is 15.2. The van der Waals surface area contributed by atoms with Crippen molar-refractivity contribution in [2.24, 2.45) is 5.16 Å². The lowest BCUT2D eigenvalue weighted by Crippen LogP contribution is -2.26. The number of oxime groups is 1. The van der Waals surface area contributed by atoms with E-state index in [1.807, 2.05) is 48.5 Å². The Morgan fingerprint density at radius 1 is 0.900 bits per heavy atom. The maximum atomic E-state index is 9.39. The maximum Gasteiger partial charge on any atom is 0.203 e. The zero-order chi connectivity index (χ0) is 14.6. The second-order valence-electron chi connectivity index (χ2n) is 4.24. The summed E-state index contributed by atoms with van der Waals surface area (Å²) in [4.78, 5) is 0. The van der Waals surface area contributed by atoms with Crippen molar-refractivity contribution in [2.45, 2.75) is 9.71 Å². The van der Waals surface area contributed by atoms with Gasteiger partial charge in [0, 0.05) is 5.56 Å².